The van der Waals surface area contributed by atoms with Crippen LogP contribution < -0.4 is 15.1 Å². The standard InChI is InChI=1S/C27H32N2O6S/c1-18-7-11-29(9-4-6-26(30)31)24-17-25-21(15-22(18)24)16-23(27(32)35-25)20-8-12-28(19(2)14-20)10-5-13-36(3,33)34/h8,12,14-18H,4-7,9-11,13H2,1-3H3/p+1. The number of aromatic nitrogens is 1. The monoisotopic (exact) mass is 513 g/mol. The number of aliphatic carboxylic acids is 1. The third-order valence-electron chi connectivity index (χ3n) is 6.88. The van der Waals surface area contributed by atoms with Crippen molar-refractivity contribution in [1.82, 2.24) is 0 Å². The van der Waals surface area contributed by atoms with Gasteiger partial charge in [-0.05, 0) is 36.5 Å². The molecule has 3 heterocycles. The van der Waals surface area contributed by atoms with E-state index in [1.807, 2.05) is 42.0 Å². The maximum Gasteiger partial charge on any atom is 0.344 e. The van der Waals surface area contributed by atoms with E-state index in [2.05, 4.69) is 17.9 Å². The number of carbonyl (C=O) groups is 1. The molecule has 4 rings (SSSR count). The van der Waals surface area contributed by atoms with Gasteiger partial charge in [-0.25, -0.2) is 17.8 Å². The summed E-state index contributed by atoms with van der Waals surface area (Å²) in [6.45, 7) is 6.19. The molecule has 1 N–H and O–H groups in total. The van der Waals surface area contributed by atoms with E-state index in [4.69, 9.17) is 9.52 Å². The predicted octanol–water partition coefficient (Wildman–Crippen LogP) is 3.67. The van der Waals surface area contributed by atoms with Crippen molar-refractivity contribution in [1.29, 1.82) is 0 Å². The summed E-state index contributed by atoms with van der Waals surface area (Å²) < 4.78 is 30.6. The molecule has 36 heavy (non-hydrogen) atoms. The quantitative estimate of drug-likeness (QED) is 0.343. The lowest BCUT2D eigenvalue weighted by Gasteiger charge is -2.34. The minimum Gasteiger partial charge on any atom is -0.481 e. The fraction of sp³-hybridized carbons (Fsp3) is 0.444. The van der Waals surface area contributed by atoms with E-state index in [-0.39, 0.29) is 12.2 Å². The van der Waals surface area contributed by atoms with Crippen molar-refractivity contribution >= 4 is 32.5 Å². The first kappa shape index (κ1) is 25.9. The number of carboxylic acids is 1. The molecule has 0 aliphatic carbocycles. The van der Waals surface area contributed by atoms with Crippen LogP contribution >= 0.6 is 0 Å². The van der Waals surface area contributed by atoms with Gasteiger partial charge in [0.15, 0.2) is 11.9 Å². The Labute approximate surface area is 211 Å². The van der Waals surface area contributed by atoms with Crippen LogP contribution in [0.3, 0.4) is 0 Å². The fourth-order valence-corrected chi connectivity index (χ4v) is 5.54. The highest BCUT2D eigenvalue weighted by molar-refractivity contribution is 7.90. The molecule has 0 radical (unpaired) electrons. The number of fused-ring (bicyclic) bond motifs is 2. The van der Waals surface area contributed by atoms with Gasteiger partial charge in [0, 0.05) is 73.9 Å². The topological polar surface area (TPSA) is 109 Å². The molecule has 0 saturated heterocycles. The molecule has 1 unspecified atom stereocenters. The number of benzene rings is 1. The van der Waals surface area contributed by atoms with Crippen molar-refractivity contribution < 1.29 is 27.3 Å². The maximum atomic E-state index is 13.0. The van der Waals surface area contributed by atoms with E-state index in [0.29, 0.717) is 43.0 Å². The first-order valence-electron chi connectivity index (χ1n) is 12.3. The summed E-state index contributed by atoms with van der Waals surface area (Å²) in [5.41, 5.74) is 4.45. The Morgan fingerprint density at radius 3 is 2.69 bits per heavy atom. The number of aryl methyl sites for hydroxylation is 2. The van der Waals surface area contributed by atoms with E-state index in [9.17, 15) is 18.0 Å². The average Bonchev–Trinajstić information content (AvgIpc) is 2.79. The number of hydrogen-bond acceptors (Lipinski definition) is 6. The number of carboxylic acid groups (broad SMARTS) is 1. The Morgan fingerprint density at radius 2 is 2.00 bits per heavy atom. The molecule has 8 nitrogen and oxygen atoms in total. The SMILES string of the molecule is Cc1cc(-c2cc3cc4c(cc3oc2=O)N(CCCC(=O)O)CCC4C)cc[n+]1CCCS(C)(=O)=O. The lowest BCUT2D eigenvalue weighted by atomic mass is 9.90. The molecular weight excluding hydrogens is 480 g/mol. The van der Waals surface area contributed by atoms with Gasteiger partial charge in [-0.2, -0.15) is 0 Å². The highest BCUT2D eigenvalue weighted by atomic mass is 32.2. The van der Waals surface area contributed by atoms with Gasteiger partial charge in [0.2, 0.25) is 0 Å². The summed E-state index contributed by atoms with van der Waals surface area (Å²) in [7, 11) is -3.00. The zero-order valence-electron chi connectivity index (χ0n) is 21.0. The molecule has 0 amide bonds. The smallest absolute Gasteiger partial charge is 0.344 e. The summed E-state index contributed by atoms with van der Waals surface area (Å²) in [4.78, 5) is 26.1. The number of nitrogens with zero attached hydrogens (tertiary/aromatic N) is 2. The Hall–Kier alpha value is -3.20. The average molecular weight is 514 g/mol. The third kappa shape index (κ3) is 5.95. The zero-order chi connectivity index (χ0) is 26.0. The molecule has 0 saturated carbocycles. The largest absolute Gasteiger partial charge is 0.481 e. The summed E-state index contributed by atoms with van der Waals surface area (Å²) in [5, 5.41) is 9.83. The van der Waals surface area contributed by atoms with Crippen molar-refractivity contribution in [2.75, 3.05) is 30.0 Å². The van der Waals surface area contributed by atoms with E-state index >= 15 is 0 Å². The predicted molar refractivity (Wildman–Crippen MR) is 139 cm³/mol. The molecule has 9 heteroatoms. The van der Waals surface area contributed by atoms with Gasteiger partial charge in [-0.15, -0.1) is 0 Å². The van der Waals surface area contributed by atoms with Gasteiger partial charge in [0.05, 0.1) is 11.3 Å². The van der Waals surface area contributed by atoms with Crippen LogP contribution in [0.1, 0.15) is 49.8 Å². The van der Waals surface area contributed by atoms with Crippen molar-refractivity contribution in [2.24, 2.45) is 0 Å². The van der Waals surface area contributed by atoms with E-state index < -0.39 is 21.4 Å². The number of hydrogen-bond donors (Lipinski definition) is 1. The highest BCUT2D eigenvalue weighted by Crippen LogP contribution is 2.38. The van der Waals surface area contributed by atoms with Crippen LogP contribution in [0.5, 0.6) is 0 Å². The molecule has 0 bridgehead atoms. The van der Waals surface area contributed by atoms with Gasteiger partial charge < -0.3 is 14.4 Å². The molecule has 2 aromatic heterocycles. The maximum absolute atomic E-state index is 13.0. The Morgan fingerprint density at radius 1 is 1.22 bits per heavy atom. The Bertz CT molecular complexity index is 1460. The molecule has 0 fully saturated rings. The molecule has 1 aromatic carbocycles. The second-order valence-corrected chi connectivity index (χ2v) is 12.1. The van der Waals surface area contributed by atoms with Gasteiger partial charge in [-0.3, -0.25) is 4.79 Å². The van der Waals surface area contributed by atoms with Crippen LogP contribution in [0.2, 0.25) is 0 Å². The molecule has 1 atom stereocenters. The number of pyridine rings is 1. The fourth-order valence-electron chi connectivity index (χ4n) is 4.88. The van der Waals surface area contributed by atoms with Gasteiger partial charge in [-0.1, -0.05) is 6.92 Å². The lowest BCUT2D eigenvalue weighted by molar-refractivity contribution is -0.702. The molecule has 1 aliphatic rings. The van der Waals surface area contributed by atoms with Crippen molar-refractivity contribution in [2.45, 2.75) is 52.0 Å². The van der Waals surface area contributed by atoms with Gasteiger partial charge in [0.1, 0.15) is 22.0 Å². The Kier molecular flexibility index (Phi) is 7.49. The van der Waals surface area contributed by atoms with Crippen molar-refractivity contribution in [3.63, 3.8) is 0 Å². The summed E-state index contributed by atoms with van der Waals surface area (Å²) in [6, 6.07) is 9.66. The van der Waals surface area contributed by atoms with Crippen molar-refractivity contribution in [3.8, 4) is 11.1 Å². The summed E-state index contributed by atoms with van der Waals surface area (Å²) in [5.74, 6) is -0.316. The second-order valence-electron chi connectivity index (χ2n) is 9.80. The van der Waals surface area contributed by atoms with Gasteiger partial charge >= 0.3 is 11.6 Å². The lowest BCUT2D eigenvalue weighted by Crippen LogP contribution is -2.37. The molecular formula is C27H33N2O6S+. The van der Waals surface area contributed by atoms with Crippen LogP contribution in [0.25, 0.3) is 22.1 Å². The first-order valence-corrected chi connectivity index (χ1v) is 14.3. The number of rotatable bonds is 9. The number of sulfone groups is 1. The third-order valence-corrected chi connectivity index (χ3v) is 7.91. The van der Waals surface area contributed by atoms with Crippen LogP contribution in [-0.4, -0.2) is 44.6 Å². The Balaban J connectivity index is 1.64. The highest BCUT2D eigenvalue weighted by Gasteiger charge is 2.24. The minimum absolute atomic E-state index is 0.127. The molecule has 1 aliphatic heterocycles. The number of anilines is 1. The zero-order valence-corrected chi connectivity index (χ0v) is 21.8. The van der Waals surface area contributed by atoms with E-state index in [0.717, 1.165) is 35.3 Å². The summed E-state index contributed by atoms with van der Waals surface area (Å²) in [6.07, 6.45) is 5.31. The first-order chi connectivity index (χ1) is 17.0. The summed E-state index contributed by atoms with van der Waals surface area (Å²) >= 11 is 0. The molecule has 192 valence electrons. The normalized spacial score (nSPS) is 15.8. The molecule has 0 spiro atoms. The van der Waals surface area contributed by atoms with Crippen LogP contribution in [0.15, 0.2) is 45.7 Å². The van der Waals surface area contributed by atoms with Crippen molar-refractivity contribution in [3.05, 3.63) is 58.2 Å². The second kappa shape index (κ2) is 10.4. The molecule has 3 aromatic rings. The van der Waals surface area contributed by atoms with Gasteiger partial charge in [0.25, 0.3) is 0 Å². The van der Waals surface area contributed by atoms with E-state index in [1.165, 1.54) is 11.8 Å². The van der Waals surface area contributed by atoms with Crippen LogP contribution in [-0.2, 0) is 21.2 Å². The van der Waals surface area contributed by atoms with Crippen LogP contribution in [0.4, 0.5) is 5.69 Å². The minimum atomic E-state index is -3.00. The van der Waals surface area contributed by atoms with Crippen LogP contribution in [0, 0.1) is 6.92 Å². The van der Waals surface area contributed by atoms with E-state index in [1.54, 1.807) is 0 Å².